The molecule has 0 aromatic carbocycles. The number of rotatable bonds is 4. The van der Waals surface area contributed by atoms with Gasteiger partial charge in [-0.1, -0.05) is 0 Å². The van der Waals surface area contributed by atoms with E-state index in [2.05, 4.69) is 20.4 Å². The Morgan fingerprint density at radius 2 is 2.03 bits per heavy atom. The third-order valence-corrected chi connectivity index (χ3v) is 5.32. The molecule has 3 aromatic rings. The van der Waals surface area contributed by atoms with Crippen LogP contribution in [-0.2, 0) is 4.74 Å². The Balaban J connectivity index is 1.56. The Kier molecular flexibility index (Phi) is 6.16. The average Bonchev–Trinajstić information content (AvgIpc) is 3.22. The number of hydrogen-bond acceptors (Lipinski definition) is 6. The minimum Gasteiger partial charge on any atom is -0.450 e. The second-order valence-corrected chi connectivity index (χ2v) is 7.60. The molecular weight excluding hydrogens is 441 g/mol. The number of halogens is 3. The maximum atomic E-state index is 13.1. The molecule has 1 saturated heterocycles. The van der Waals surface area contributed by atoms with E-state index in [1.54, 1.807) is 19.1 Å². The Morgan fingerprint density at radius 3 is 2.79 bits per heavy atom. The van der Waals surface area contributed by atoms with Gasteiger partial charge in [0.15, 0.2) is 5.65 Å². The van der Waals surface area contributed by atoms with Gasteiger partial charge in [-0.3, -0.25) is 15.1 Å². The fourth-order valence-electron chi connectivity index (χ4n) is 3.74. The lowest BCUT2D eigenvalue weighted by Crippen LogP contribution is -2.44. The van der Waals surface area contributed by atoms with Crippen LogP contribution in [0.1, 0.15) is 30.1 Å². The number of ether oxygens (including phenoxy) is 1. The summed E-state index contributed by atoms with van der Waals surface area (Å²) in [5, 5.41) is 7.36. The van der Waals surface area contributed by atoms with Gasteiger partial charge in [-0.05, 0) is 31.9 Å². The van der Waals surface area contributed by atoms with E-state index >= 15 is 0 Å². The number of hydrogen-bond donors (Lipinski definition) is 1. The van der Waals surface area contributed by atoms with Gasteiger partial charge in [0.1, 0.15) is 0 Å². The maximum absolute atomic E-state index is 13.1. The van der Waals surface area contributed by atoms with Gasteiger partial charge >= 0.3 is 12.3 Å². The fraction of sp³-hybridized carbons (Fsp3) is 0.381. The first kappa shape index (κ1) is 22.5. The third-order valence-electron chi connectivity index (χ3n) is 5.32. The van der Waals surface area contributed by atoms with Crippen molar-refractivity contribution in [1.82, 2.24) is 24.6 Å². The van der Waals surface area contributed by atoms with Crippen molar-refractivity contribution in [1.29, 1.82) is 0 Å². The zero-order valence-electron chi connectivity index (χ0n) is 17.7. The first-order chi connectivity index (χ1) is 15.8. The molecule has 0 spiro atoms. The summed E-state index contributed by atoms with van der Waals surface area (Å²) in [6.45, 7) is 1.83. The number of pyridine rings is 2. The van der Waals surface area contributed by atoms with Crippen LogP contribution in [0.4, 0.5) is 23.7 Å². The Hall–Kier alpha value is -3.70. The van der Waals surface area contributed by atoms with Crippen LogP contribution >= 0.6 is 0 Å². The summed E-state index contributed by atoms with van der Waals surface area (Å²) in [5.41, 5.74) is 1.52. The standard InChI is InChI=1S/C21H21F3N6O3/c1-2-33-20(32)28-16-7-17(11-25-10-16)30-18-13(9-27-30)6-14(8-26-18)19(31)29-5-3-4-15(12-29)21(22,23)24/h6-11,15H,2-5,12H2,1H3,(H,28,32)/t15-/m0/s1. The number of carbonyl (C=O) groups excluding carboxylic acids is 2. The smallest absolute Gasteiger partial charge is 0.411 e. The lowest BCUT2D eigenvalue weighted by molar-refractivity contribution is -0.184. The monoisotopic (exact) mass is 462 g/mol. The van der Waals surface area contributed by atoms with Crippen LogP contribution in [0.3, 0.4) is 0 Å². The molecule has 0 saturated carbocycles. The number of aromatic nitrogens is 4. The van der Waals surface area contributed by atoms with Gasteiger partial charge in [-0.2, -0.15) is 18.3 Å². The van der Waals surface area contributed by atoms with Crippen molar-refractivity contribution in [2.24, 2.45) is 5.92 Å². The largest absolute Gasteiger partial charge is 0.450 e. The molecule has 1 atom stereocenters. The summed E-state index contributed by atoms with van der Waals surface area (Å²) in [6.07, 6.45) is 1.17. The van der Waals surface area contributed by atoms with Gasteiger partial charge in [-0.15, -0.1) is 0 Å². The lowest BCUT2D eigenvalue weighted by atomic mass is 9.97. The summed E-state index contributed by atoms with van der Waals surface area (Å²) >= 11 is 0. The number of nitrogens with one attached hydrogen (secondary N) is 1. The Bertz CT molecular complexity index is 1180. The average molecular weight is 462 g/mol. The molecule has 0 radical (unpaired) electrons. The molecule has 33 heavy (non-hydrogen) atoms. The summed E-state index contributed by atoms with van der Waals surface area (Å²) in [5.74, 6) is -2.01. The van der Waals surface area contributed by atoms with Crippen molar-refractivity contribution in [3.05, 3.63) is 42.5 Å². The zero-order valence-corrected chi connectivity index (χ0v) is 17.7. The summed E-state index contributed by atoms with van der Waals surface area (Å²) in [4.78, 5) is 34.1. The number of likely N-dealkylation sites (tertiary alicyclic amines) is 1. The van der Waals surface area contributed by atoms with Crippen molar-refractivity contribution in [2.45, 2.75) is 25.9 Å². The molecule has 9 nitrogen and oxygen atoms in total. The molecule has 1 N–H and O–H groups in total. The number of piperidine rings is 1. The quantitative estimate of drug-likeness (QED) is 0.633. The lowest BCUT2D eigenvalue weighted by Gasteiger charge is -2.33. The molecule has 4 rings (SSSR count). The van der Waals surface area contributed by atoms with E-state index in [9.17, 15) is 22.8 Å². The van der Waals surface area contributed by atoms with E-state index < -0.39 is 24.1 Å². The van der Waals surface area contributed by atoms with Gasteiger partial charge in [0.2, 0.25) is 0 Å². The minimum atomic E-state index is -4.33. The highest BCUT2D eigenvalue weighted by atomic mass is 19.4. The highest BCUT2D eigenvalue weighted by Crippen LogP contribution is 2.33. The third kappa shape index (κ3) is 4.89. The van der Waals surface area contributed by atoms with E-state index in [4.69, 9.17) is 4.74 Å². The Labute approximate surface area is 186 Å². The van der Waals surface area contributed by atoms with Crippen molar-refractivity contribution in [3.8, 4) is 5.69 Å². The van der Waals surface area contributed by atoms with Crippen molar-refractivity contribution < 1.29 is 27.5 Å². The molecule has 4 heterocycles. The molecule has 1 aliphatic heterocycles. The van der Waals surface area contributed by atoms with Gasteiger partial charge in [-0.25, -0.2) is 14.5 Å². The first-order valence-electron chi connectivity index (χ1n) is 10.3. The topological polar surface area (TPSA) is 102 Å². The molecule has 0 aliphatic carbocycles. The Morgan fingerprint density at radius 1 is 1.21 bits per heavy atom. The van der Waals surface area contributed by atoms with Crippen LogP contribution in [0.15, 0.2) is 36.9 Å². The second kappa shape index (κ2) is 9.04. The van der Waals surface area contributed by atoms with E-state index in [-0.39, 0.29) is 31.7 Å². The summed E-state index contributed by atoms with van der Waals surface area (Å²) in [7, 11) is 0. The first-order valence-corrected chi connectivity index (χ1v) is 10.3. The van der Waals surface area contributed by atoms with Crippen LogP contribution in [0.5, 0.6) is 0 Å². The number of fused-ring (bicyclic) bond motifs is 1. The predicted octanol–water partition coefficient (Wildman–Crippen LogP) is 3.80. The minimum absolute atomic E-state index is 0.0233. The van der Waals surface area contributed by atoms with E-state index in [1.807, 2.05) is 0 Å². The number of nitrogens with zero attached hydrogens (tertiary/aromatic N) is 5. The van der Waals surface area contributed by atoms with E-state index in [0.717, 1.165) is 0 Å². The number of amides is 2. The van der Waals surface area contributed by atoms with Crippen molar-refractivity contribution in [2.75, 3.05) is 25.0 Å². The SMILES string of the molecule is CCOC(=O)Nc1cncc(-n2ncc3cc(C(=O)N4CCC[C@H](C(F)(F)F)C4)cnc32)c1. The van der Waals surface area contributed by atoms with Crippen LogP contribution in [-0.4, -0.2) is 62.5 Å². The van der Waals surface area contributed by atoms with E-state index in [0.29, 0.717) is 28.8 Å². The highest BCUT2D eigenvalue weighted by molar-refractivity contribution is 5.97. The highest BCUT2D eigenvalue weighted by Gasteiger charge is 2.42. The number of carbonyl (C=O) groups is 2. The molecule has 3 aromatic heterocycles. The van der Waals surface area contributed by atoms with E-state index in [1.165, 1.54) is 34.4 Å². The van der Waals surface area contributed by atoms with Gasteiger partial charge in [0.25, 0.3) is 5.91 Å². The number of alkyl halides is 3. The second-order valence-electron chi connectivity index (χ2n) is 7.60. The molecule has 0 bridgehead atoms. The zero-order chi connectivity index (χ0) is 23.6. The molecule has 1 fully saturated rings. The molecule has 174 valence electrons. The van der Waals surface area contributed by atoms with Crippen LogP contribution in [0.2, 0.25) is 0 Å². The van der Waals surface area contributed by atoms with Crippen LogP contribution in [0, 0.1) is 5.92 Å². The molecule has 12 heteroatoms. The van der Waals surface area contributed by atoms with Crippen molar-refractivity contribution in [3.63, 3.8) is 0 Å². The molecule has 2 amide bonds. The fourth-order valence-corrected chi connectivity index (χ4v) is 3.74. The van der Waals surface area contributed by atoms with Gasteiger partial charge in [0.05, 0.1) is 48.1 Å². The maximum Gasteiger partial charge on any atom is 0.411 e. The van der Waals surface area contributed by atoms with Gasteiger partial charge in [0, 0.05) is 24.7 Å². The predicted molar refractivity (Wildman–Crippen MR) is 112 cm³/mol. The van der Waals surface area contributed by atoms with Crippen LogP contribution < -0.4 is 5.32 Å². The summed E-state index contributed by atoms with van der Waals surface area (Å²) in [6, 6.07) is 3.18. The normalized spacial score (nSPS) is 16.6. The van der Waals surface area contributed by atoms with Crippen molar-refractivity contribution >= 4 is 28.7 Å². The van der Waals surface area contributed by atoms with Crippen LogP contribution in [0.25, 0.3) is 16.7 Å². The molecular formula is C21H21F3N6O3. The number of anilines is 1. The molecule has 0 unspecified atom stereocenters. The van der Waals surface area contributed by atoms with Gasteiger partial charge < -0.3 is 9.64 Å². The molecule has 1 aliphatic rings. The summed E-state index contributed by atoms with van der Waals surface area (Å²) < 4.78 is 45.6.